The maximum Gasteiger partial charge on any atom is 0.318 e. The third-order valence-electron chi connectivity index (χ3n) is 4.91. The number of ether oxygens (including phenoxy) is 1. The predicted molar refractivity (Wildman–Crippen MR) is 104 cm³/mol. The Morgan fingerprint density at radius 3 is 2.90 bits per heavy atom. The van der Waals surface area contributed by atoms with Crippen LogP contribution in [0.25, 0.3) is 11.5 Å². The molecule has 29 heavy (non-hydrogen) atoms. The third kappa shape index (κ3) is 4.21. The van der Waals surface area contributed by atoms with E-state index >= 15 is 0 Å². The lowest BCUT2D eigenvalue weighted by molar-refractivity contribution is 0.184. The minimum absolute atomic E-state index is 0.210. The van der Waals surface area contributed by atoms with Gasteiger partial charge in [0.15, 0.2) is 0 Å². The van der Waals surface area contributed by atoms with Gasteiger partial charge in [-0.1, -0.05) is 18.2 Å². The van der Waals surface area contributed by atoms with E-state index in [1.807, 2.05) is 24.3 Å². The number of aromatic nitrogens is 2. The number of hydrogen-bond donors (Lipinski definition) is 1. The number of rotatable bonds is 5. The number of nitrogens with zero attached hydrogens (tertiary/aromatic N) is 3. The van der Waals surface area contributed by atoms with Crippen LogP contribution in [0.5, 0.6) is 5.75 Å². The van der Waals surface area contributed by atoms with Gasteiger partial charge in [0, 0.05) is 18.7 Å². The first-order valence-corrected chi connectivity index (χ1v) is 9.41. The second-order valence-corrected chi connectivity index (χ2v) is 6.81. The smallest absolute Gasteiger partial charge is 0.318 e. The summed E-state index contributed by atoms with van der Waals surface area (Å²) in [6, 6.07) is 12.9. The van der Waals surface area contributed by atoms with Crippen LogP contribution in [0, 0.1) is 5.82 Å². The summed E-state index contributed by atoms with van der Waals surface area (Å²) < 4.78 is 24.1. The molecule has 3 aromatic rings. The summed E-state index contributed by atoms with van der Waals surface area (Å²) >= 11 is 0. The lowest BCUT2D eigenvalue weighted by Gasteiger charge is -2.22. The molecule has 1 saturated heterocycles. The minimum Gasteiger partial charge on any atom is -0.497 e. The van der Waals surface area contributed by atoms with Gasteiger partial charge in [0.05, 0.1) is 7.11 Å². The fraction of sp³-hybridized carbons (Fsp3) is 0.286. The summed E-state index contributed by atoms with van der Waals surface area (Å²) in [7, 11) is 1.60. The molecule has 2 aromatic carbocycles. The van der Waals surface area contributed by atoms with E-state index < -0.39 is 0 Å². The Morgan fingerprint density at radius 1 is 1.28 bits per heavy atom. The molecule has 1 aliphatic rings. The van der Waals surface area contributed by atoms with E-state index in [1.165, 1.54) is 12.1 Å². The van der Waals surface area contributed by atoms with Crippen molar-refractivity contribution < 1.29 is 18.3 Å². The van der Waals surface area contributed by atoms with Crippen LogP contribution in [0.1, 0.15) is 30.3 Å². The van der Waals surface area contributed by atoms with E-state index in [0.29, 0.717) is 30.6 Å². The lowest BCUT2D eigenvalue weighted by atomic mass is 10.2. The Balaban J connectivity index is 1.44. The van der Waals surface area contributed by atoms with Gasteiger partial charge in [0.2, 0.25) is 11.8 Å². The lowest BCUT2D eigenvalue weighted by Crippen LogP contribution is -2.39. The van der Waals surface area contributed by atoms with Gasteiger partial charge in [-0.3, -0.25) is 0 Å². The molecule has 1 unspecified atom stereocenters. The molecule has 1 aliphatic heterocycles. The quantitative estimate of drug-likeness (QED) is 0.707. The summed E-state index contributed by atoms with van der Waals surface area (Å²) in [5.41, 5.74) is 1.59. The normalized spacial score (nSPS) is 16.1. The van der Waals surface area contributed by atoms with E-state index in [2.05, 4.69) is 15.5 Å². The monoisotopic (exact) mass is 396 g/mol. The molecule has 4 rings (SSSR count). The second kappa shape index (κ2) is 8.30. The fourth-order valence-corrected chi connectivity index (χ4v) is 3.39. The van der Waals surface area contributed by atoms with Crippen molar-refractivity contribution in [1.82, 2.24) is 20.4 Å². The number of carbonyl (C=O) groups excluding carboxylic acids is 1. The van der Waals surface area contributed by atoms with E-state index in [0.717, 1.165) is 24.0 Å². The first-order valence-electron chi connectivity index (χ1n) is 9.41. The molecular formula is C21H21FN4O3. The average molecular weight is 396 g/mol. The first-order chi connectivity index (χ1) is 14.1. The van der Waals surface area contributed by atoms with Gasteiger partial charge in [-0.15, -0.1) is 10.2 Å². The Kier molecular flexibility index (Phi) is 5.41. The number of methoxy groups -OCH3 is 1. The number of nitrogens with one attached hydrogen (secondary N) is 1. The highest BCUT2D eigenvalue weighted by atomic mass is 19.1. The zero-order chi connectivity index (χ0) is 20.2. The van der Waals surface area contributed by atoms with Crippen LogP contribution in [0.2, 0.25) is 0 Å². The number of likely N-dealkylation sites (tertiary alicyclic amines) is 1. The molecule has 0 radical (unpaired) electrons. The number of carbonyl (C=O) groups is 1. The Labute approximate surface area is 167 Å². The fourth-order valence-electron chi connectivity index (χ4n) is 3.39. The summed E-state index contributed by atoms with van der Waals surface area (Å²) in [6.45, 7) is 0.929. The highest BCUT2D eigenvalue weighted by Crippen LogP contribution is 2.33. The third-order valence-corrected chi connectivity index (χ3v) is 4.91. The van der Waals surface area contributed by atoms with E-state index in [9.17, 15) is 9.18 Å². The molecule has 2 heterocycles. The van der Waals surface area contributed by atoms with Crippen LogP contribution in [-0.4, -0.2) is 34.8 Å². The highest BCUT2D eigenvalue weighted by Gasteiger charge is 2.34. The zero-order valence-corrected chi connectivity index (χ0v) is 16.0. The van der Waals surface area contributed by atoms with Crippen LogP contribution < -0.4 is 10.1 Å². The molecule has 0 saturated carbocycles. The maximum absolute atomic E-state index is 13.0. The largest absolute Gasteiger partial charge is 0.497 e. The first kappa shape index (κ1) is 18.9. The Morgan fingerprint density at radius 2 is 2.10 bits per heavy atom. The van der Waals surface area contributed by atoms with Crippen molar-refractivity contribution in [2.45, 2.75) is 25.4 Å². The van der Waals surface area contributed by atoms with E-state index in [1.54, 1.807) is 24.1 Å². The van der Waals surface area contributed by atoms with Gasteiger partial charge in [-0.25, -0.2) is 9.18 Å². The van der Waals surface area contributed by atoms with Gasteiger partial charge < -0.3 is 19.4 Å². The SMILES string of the molecule is COc1cccc(-c2nnc(C3CCCN3C(=O)NCc3ccc(F)cc3)o2)c1. The van der Waals surface area contributed by atoms with Crippen LogP contribution >= 0.6 is 0 Å². The van der Waals surface area contributed by atoms with Crippen LogP contribution in [0.15, 0.2) is 52.9 Å². The number of hydrogen-bond acceptors (Lipinski definition) is 5. The van der Waals surface area contributed by atoms with Gasteiger partial charge in [0.25, 0.3) is 0 Å². The van der Waals surface area contributed by atoms with Crippen LogP contribution in [0.4, 0.5) is 9.18 Å². The minimum atomic E-state index is -0.303. The van der Waals surface area contributed by atoms with Gasteiger partial charge >= 0.3 is 6.03 Å². The Bertz CT molecular complexity index is 990. The molecule has 7 nitrogen and oxygen atoms in total. The van der Waals surface area contributed by atoms with E-state index in [4.69, 9.17) is 9.15 Å². The molecule has 150 valence electrons. The zero-order valence-electron chi connectivity index (χ0n) is 16.0. The summed E-state index contributed by atoms with van der Waals surface area (Å²) in [5.74, 6) is 1.20. The summed E-state index contributed by atoms with van der Waals surface area (Å²) in [6.07, 6.45) is 1.61. The van der Waals surface area contributed by atoms with Crippen molar-refractivity contribution in [3.8, 4) is 17.2 Å². The summed E-state index contributed by atoms with van der Waals surface area (Å²) in [5, 5.41) is 11.2. The topological polar surface area (TPSA) is 80.5 Å². The van der Waals surface area contributed by atoms with Crippen LogP contribution in [-0.2, 0) is 6.54 Å². The van der Waals surface area contributed by atoms with Gasteiger partial charge in [0.1, 0.15) is 17.6 Å². The number of amides is 2. The molecule has 0 aliphatic carbocycles. The number of halogens is 1. The van der Waals surface area contributed by atoms with Crippen molar-refractivity contribution >= 4 is 6.03 Å². The van der Waals surface area contributed by atoms with Gasteiger partial charge in [-0.05, 0) is 48.7 Å². The van der Waals surface area contributed by atoms with Gasteiger partial charge in [-0.2, -0.15) is 0 Å². The Hall–Kier alpha value is -3.42. The second-order valence-electron chi connectivity index (χ2n) is 6.81. The molecule has 1 atom stereocenters. The molecular weight excluding hydrogens is 375 g/mol. The molecule has 0 spiro atoms. The van der Waals surface area contributed by atoms with E-state index in [-0.39, 0.29) is 17.9 Å². The standard InChI is InChI=1S/C21H21FN4O3/c1-28-17-5-2-4-15(12-17)19-24-25-20(29-19)18-6-3-11-26(18)21(27)23-13-14-7-9-16(22)10-8-14/h2,4-5,7-10,12,18H,3,6,11,13H2,1H3,(H,23,27). The van der Waals surface area contributed by atoms with Crippen molar-refractivity contribution in [3.05, 3.63) is 65.8 Å². The number of benzene rings is 2. The molecule has 1 fully saturated rings. The molecule has 1 N–H and O–H groups in total. The molecule has 0 bridgehead atoms. The van der Waals surface area contributed by atoms with Crippen molar-refractivity contribution in [3.63, 3.8) is 0 Å². The average Bonchev–Trinajstić information content (AvgIpc) is 3.42. The molecule has 8 heteroatoms. The number of urea groups is 1. The highest BCUT2D eigenvalue weighted by molar-refractivity contribution is 5.75. The van der Waals surface area contributed by atoms with Crippen molar-refractivity contribution in [2.75, 3.05) is 13.7 Å². The maximum atomic E-state index is 13.0. The van der Waals surface area contributed by atoms with Crippen molar-refractivity contribution in [2.24, 2.45) is 0 Å². The molecule has 2 amide bonds. The summed E-state index contributed by atoms with van der Waals surface area (Å²) in [4.78, 5) is 14.4. The van der Waals surface area contributed by atoms with Crippen LogP contribution in [0.3, 0.4) is 0 Å². The molecule has 1 aromatic heterocycles. The predicted octanol–water partition coefficient (Wildman–Crippen LogP) is 3.93. The van der Waals surface area contributed by atoms with Crippen molar-refractivity contribution in [1.29, 1.82) is 0 Å².